The van der Waals surface area contributed by atoms with Gasteiger partial charge >= 0.3 is 5.97 Å². The first kappa shape index (κ1) is 32.1. The Labute approximate surface area is 288 Å². The first-order valence-electron chi connectivity index (χ1n) is 17.6. The van der Waals surface area contributed by atoms with Crippen LogP contribution in [0.4, 0.5) is 8.78 Å². The van der Waals surface area contributed by atoms with Gasteiger partial charge < -0.3 is 19.5 Å². The third-order valence-corrected chi connectivity index (χ3v) is 12.1. The molecular weight excluding hydrogens is 643 g/mol. The molecule has 10 heteroatoms. The van der Waals surface area contributed by atoms with Crippen molar-refractivity contribution < 1.29 is 23.5 Å². The fourth-order valence-corrected chi connectivity index (χ4v) is 9.54. The van der Waals surface area contributed by atoms with Gasteiger partial charge in [-0.05, 0) is 111 Å². The number of carbonyl (C=O) groups is 2. The summed E-state index contributed by atoms with van der Waals surface area (Å²) in [5.74, 6) is -2.43. The average Bonchev–Trinajstić information content (AvgIpc) is 3.88. The van der Waals surface area contributed by atoms with Crippen LogP contribution in [0.25, 0.3) is 43.6 Å². The zero-order valence-corrected chi connectivity index (χ0v) is 28.3. The van der Waals surface area contributed by atoms with Crippen molar-refractivity contribution in [1.82, 2.24) is 19.4 Å². The summed E-state index contributed by atoms with van der Waals surface area (Å²) in [4.78, 5) is 36.0. The lowest BCUT2D eigenvalue weighted by Gasteiger charge is -2.36. The molecule has 254 valence electrons. The number of carboxylic acid groups (broad SMARTS) is 1. The summed E-state index contributed by atoms with van der Waals surface area (Å²) >= 11 is 1.32. The maximum Gasteiger partial charge on any atom is 0.345 e. The minimum absolute atomic E-state index is 0.0647. The molecule has 2 saturated heterocycles. The second-order valence-corrected chi connectivity index (χ2v) is 15.0. The van der Waals surface area contributed by atoms with Gasteiger partial charge in [-0.1, -0.05) is 31.4 Å². The third-order valence-electron chi connectivity index (χ3n) is 10.9. The third kappa shape index (κ3) is 6.14. The molecule has 5 aromatic rings. The summed E-state index contributed by atoms with van der Waals surface area (Å²) < 4.78 is 30.6. The molecule has 3 fully saturated rings. The first-order valence-corrected chi connectivity index (χ1v) is 18.4. The SMILES string of the molecule is O=C(O)c1cc2c(s1)c(C1CCCCC1)c(-c1ccc3nc(-c4ccc(F)c(F)c4)ccc3c1)n2CC(=O)N1CCC(N2CCCC2)CC1. The van der Waals surface area contributed by atoms with E-state index in [-0.39, 0.29) is 23.2 Å². The van der Waals surface area contributed by atoms with Crippen molar-refractivity contribution in [3.05, 3.63) is 76.7 Å². The number of piperidine rings is 1. The maximum atomic E-state index is 14.1. The monoisotopic (exact) mass is 682 g/mol. The van der Waals surface area contributed by atoms with Gasteiger partial charge in [-0.2, -0.15) is 0 Å². The number of hydrogen-bond acceptors (Lipinski definition) is 5. The molecule has 3 aliphatic rings. The summed E-state index contributed by atoms with van der Waals surface area (Å²) in [5.41, 5.74) is 5.66. The zero-order valence-electron chi connectivity index (χ0n) is 27.5. The quantitative estimate of drug-likeness (QED) is 0.186. The lowest BCUT2D eigenvalue weighted by atomic mass is 9.83. The molecule has 7 nitrogen and oxygen atoms in total. The Bertz CT molecular complexity index is 2050. The van der Waals surface area contributed by atoms with E-state index < -0.39 is 17.6 Å². The van der Waals surface area contributed by atoms with Crippen LogP contribution in [0.2, 0.25) is 0 Å². The van der Waals surface area contributed by atoms with Gasteiger partial charge in [0.25, 0.3) is 0 Å². The van der Waals surface area contributed by atoms with Crippen LogP contribution < -0.4 is 0 Å². The molecule has 0 radical (unpaired) electrons. The fourth-order valence-electron chi connectivity index (χ4n) is 8.41. The van der Waals surface area contributed by atoms with Gasteiger partial charge in [0, 0.05) is 30.1 Å². The van der Waals surface area contributed by atoms with Crippen molar-refractivity contribution in [1.29, 1.82) is 0 Å². The van der Waals surface area contributed by atoms with Crippen molar-refractivity contribution in [2.75, 3.05) is 26.2 Å². The van der Waals surface area contributed by atoms with Gasteiger partial charge in [0.15, 0.2) is 11.6 Å². The second-order valence-electron chi connectivity index (χ2n) is 13.9. The number of hydrogen-bond donors (Lipinski definition) is 1. The standard InChI is InChI=1S/C39H40F2N4O3S/c40-29-11-8-26(21-30(29)41)32-12-9-25-20-27(10-13-31(25)42-32)37-36(24-6-2-1-3-7-24)38-33(22-34(49-38)39(47)48)45(37)23-35(46)44-18-14-28(15-19-44)43-16-4-5-17-43/h8-13,20-22,24,28H,1-7,14-19,23H2,(H,47,48). The van der Waals surface area contributed by atoms with Gasteiger partial charge in [-0.15, -0.1) is 11.3 Å². The van der Waals surface area contributed by atoms with Crippen LogP contribution in [0.5, 0.6) is 0 Å². The Morgan fingerprint density at radius 3 is 2.31 bits per heavy atom. The highest BCUT2D eigenvalue weighted by atomic mass is 32.1. The number of pyridine rings is 1. The number of nitrogens with zero attached hydrogens (tertiary/aromatic N) is 4. The Morgan fingerprint density at radius 1 is 0.816 bits per heavy atom. The summed E-state index contributed by atoms with van der Waals surface area (Å²) in [5, 5.41) is 10.9. The molecule has 2 aliphatic heterocycles. The second kappa shape index (κ2) is 13.3. The predicted octanol–water partition coefficient (Wildman–Crippen LogP) is 8.70. The molecule has 0 atom stereocenters. The van der Waals surface area contributed by atoms with E-state index in [1.807, 2.05) is 29.2 Å². The Kier molecular flexibility index (Phi) is 8.70. The molecule has 5 heterocycles. The Balaban J connectivity index is 1.19. The molecule has 1 aliphatic carbocycles. The number of thiophene rings is 1. The topological polar surface area (TPSA) is 78.7 Å². The van der Waals surface area contributed by atoms with E-state index in [1.54, 1.807) is 6.07 Å². The van der Waals surface area contributed by atoms with Gasteiger partial charge in [-0.3, -0.25) is 4.79 Å². The molecule has 3 aromatic heterocycles. The van der Waals surface area contributed by atoms with Crippen LogP contribution in [-0.2, 0) is 11.3 Å². The van der Waals surface area contributed by atoms with E-state index in [1.165, 1.54) is 36.7 Å². The van der Waals surface area contributed by atoms with Crippen molar-refractivity contribution in [3.63, 3.8) is 0 Å². The number of benzene rings is 2. The Morgan fingerprint density at radius 2 is 1.57 bits per heavy atom. The fraction of sp³-hybridized carbons (Fsp3) is 0.410. The first-order chi connectivity index (χ1) is 23.8. The minimum Gasteiger partial charge on any atom is -0.477 e. The lowest BCUT2D eigenvalue weighted by molar-refractivity contribution is -0.133. The van der Waals surface area contributed by atoms with E-state index in [0.29, 0.717) is 17.3 Å². The highest BCUT2D eigenvalue weighted by molar-refractivity contribution is 7.21. The molecule has 0 unspecified atom stereocenters. The largest absolute Gasteiger partial charge is 0.477 e. The van der Waals surface area contributed by atoms with Crippen LogP contribution in [0, 0.1) is 11.6 Å². The number of fused-ring (bicyclic) bond motifs is 2. The average molecular weight is 683 g/mol. The summed E-state index contributed by atoms with van der Waals surface area (Å²) in [7, 11) is 0. The van der Waals surface area contributed by atoms with Gasteiger partial charge in [0.2, 0.25) is 5.91 Å². The van der Waals surface area contributed by atoms with E-state index in [9.17, 15) is 23.5 Å². The molecule has 2 aromatic carbocycles. The van der Waals surface area contributed by atoms with E-state index >= 15 is 0 Å². The number of carboxylic acids is 1. The number of amides is 1. The van der Waals surface area contributed by atoms with Crippen molar-refractivity contribution >= 4 is 44.3 Å². The normalized spacial score (nSPS) is 18.2. The van der Waals surface area contributed by atoms with Gasteiger partial charge in [0.05, 0.1) is 27.1 Å². The number of carbonyl (C=O) groups excluding carboxylic acids is 1. The molecule has 8 rings (SSSR count). The lowest BCUT2D eigenvalue weighted by Crippen LogP contribution is -2.46. The van der Waals surface area contributed by atoms with E-state index in [0.717, 1.165) is 115 Å². The zero-order chi connectivity index (χ0) is 33.6. The molecule has 0 spiro atoms. The predicted molar refractivity (Wildman–Crippen MR) is 189 cm³/mol. The number of aromatic nitrogens is 2. The van der Waals surface area contributed by atoms with Gasteiger partial charge in [0.1, 0.15) is 11.4 Å². The maximum absolute atomic E-state index is 14.1. The van der Waals surface area contributed by atoms with Crippen LogP contribution in [0.3, 0.4) is 0 Å². The molecule has 49 heavy (non-hydrogen) atoms. The van der Waals surface area contributed by atoms with Crippen LogP contribution in [0.1, 0.15) is 78.9 Å². The highest BCUT2D eigenvalue weighted by Gasteiger charge is 2.32. The van der Waals surface area contributed by atoms with Crippen LogP contribution >= 0.6 is 11.3 Å². The molecule has 1 saturated carbocycles. The molecule has 1 N–H and O–H groups in total. The summed E-state index contributed by atoms with van der Waals surface area (Å²) in [6.45, 7) is 3.94. The van der Waals surface area contributed by atoms with E-state index in [2.05, 4.69) is 15.5 Å². The van der Waals surface area contributed by atoms with Gasteiger partial charge in [-0.25, -0.2) is 18.6 Å². The molecule has 0 bridgehead atoms. The smallest absolute Gasteiger partial charge is 0.345 e. The summed E-state index contributed by atoms with van der Waals surface area (Å²) in [6, 6.07) is 15.9. The van der Waals surface area contributed by atoms with Crippen LogP contribution in [0.15, 0.2) is 54.6 Å². The van der Waals surface area contributed by atoms with Crippen molar-refractivity contribution in [2.45, 2.75) is 76.3 Å². The molecular formula is C39H40F2N4O3S. The number of likely N-dealkylation sites (tertiary alicyclic amines) is 2. The summed E-state index contributed by atoms with van der Waals surface area (Å²) in [6.07, 6.45) is 9.96. The van der Waals surface area contributed by atoms with Crippen molar-refractivity contribution in [2.24, 2.45) is 0 Å². The number of rotatable bonds is 7. The highest BCUT2D eigenvalue weighted by Crippen LogP contribution is 2.47. The van der Waals surface area contributed by atoms with Crippen molar-refractivity contribution in [3.8, 4) is 22.5 Å². The number of aromatic carboxylic acids is 1. The molecule has 1 amide bonds. The number of halogens is 2. The Hall–Kier alpha value is -4.15. The van der Waals surface area contributed by atoms with Crippen LogP contribution in [-0.4, -0.2) is 68.6 Å². The van der Waals surface area contributed by atoms with E-state index in [4.69, 9.17) is 4.98 Å². The minimum atomic E-state index is -0.951.